The lowest BCUT2D eigenvalue weighted by atomic mass is 10.1. The lowest BCUT2D eigenvalue weighted by Crippen LogP contribution is -2.02. The average molecular weight is 322 g/mol. The van der Waals surface area contributed by atoms with Crippen molar-refractivity contribution >= 4 is 15.9 Å². The summed E-state index contributed by atoms with van der Waals surface area (Å²) < 4.78 is 12.1. The Morgan fingerprint density at radius 1 is 1.16 bits per heavy atom. The van der Waals surface area contributed by atoms with E-state index >= 15 is 0 Å². The third-order valence-corrected chi connectivity index (χ3v) is 3.26. The molecule has 0 bridgehead atoms. The van der Waals surface area contributed by atoms with Crippen LogP contribution in [0.5, 0.6) is 11.5 Å². The lowest BCUT2D eigenvalue weighted by molar-refractivity contribution is 0.296. The van der Waals surface area contributed by atoms with Gasteiger partial charge in [-0.1, -0.05) is 28.1 Å². The largest absolute Gasteiger partial charge is 0.496 e. The van der Waals surface area contributed by atoms with Crippen LogP contribution < -0.4 is 15.2 Å². The Labute approximate surface area is 121 Å². The van der Waals surface area contributed by atoms with Crippen LogP contribution in [0, 0.1) is 0 Å². The molecular weight excluding hydrogens is 306 g/mol. The number of ether oxygens (including phenoxy) is 2. The SMILES string of the molecule is COc1ccc(CN)cc1COc1cccc(Br)c1. The van der Waals surface area contributed by atoms with Crippen LogP contribution >= 0.6 is 15.9 Å². The predicted octanol–water partition coefficient (Wildman–Crippen LogP) is 3.50. The normalized spacial score (nSPS) is 10.3. The molecule has 0 heterocycles. The van der Waals surface area contributed by atoms with Gasteiger partial charge in [-0.3, -0.25) is 0 Å². The standard InChI is InChI=1S/C15H16BrNO2/c1-18-15-6-5-11(9-17)7-12(15)10-19-14-4-2-3-13(16)8-14/h2-8H,9-10,17H2,1H3. The van der Waals surface area contributed by atoms with E-state index in [1.54, 1.807) is 7.11 Å². The van der Waals surface area contributed by atoms with Crippen molar-refractivity contribution in [3.63, 3.8) is 0 Å². The summed E-state index contributed by atoms with van der Waals surface area (Å²) in [5.74, 6) is 1.63. The summed E-state index contributed by atoms with van der Waals surface area (Å²) in [6.07, 6.45) is 0. The molecule has 0 saturated carbocycles. The number of hydrogen-bond donors (Lipinski definition) is 1. The molecule has 3 nitrogen and oxygen atoms in total. The highest BCUT2D eigenvalue weighted by Gasteiger charge is 2.05. The van der Waals surface area contributed by atoms with E-state index in [0.717, 1.165) is 27.1 Å². The molecule has 0 atom stereocenters. The maximum Gasteiger partial charge on any atom is 0.125 e. The Bertz CT molecular complexity index is 558. The smallest absolute Gasteiger partial charge is 0.125 e. The summed E-state index contributed by atoms with van der Waals surface area (Å²) in [6, 6.07) is 13.6. The minimum Gasteiger partial charge on any atom is -0.496 e. The van der Waals surface area contributed by atoms with Gasteiger partial charge in [0, 0.05) is 16.6 Å². The molecule has 0 spiro atoms. The highest BCUT2D eigenvalue weighted by molar-refractivity contribution is 9.10. The average Bonchev–Trinajstić information content (AvgIpc) is 2.45. The van der Waals surface area contributed by atoms with Crippen molar-refractivity contribution in [2.75, 3.05) is 7.11 Å². The van der Waals surface area contributed by atoms with Gasteiger partial charge in [0.05, 0.1) is 7.11 Å². The van der Waals surface area contributed by atoms with E-state index in [1.165, 1.54) is 0 Å². The van der Waals surface area contributed by atoms with Gasteiger partial charge in [0.2, 0.25) is 0 Å². The second-order valence-electron chi connectivity index (χ2n) is 4.10. The first-order valence-electron chi connectivity index (χ1n) is 5.97. The molecule has 0 fully saturated rings. The number of hydrogen-bond acceptors (Lipinski definition) is 3. The fourth-order valence-corrected chi connectivity index (χ4v) is 2.17. The van der Waals surface area contributed by atoms with Gasteiger partial charge in [0.15, 0.2) is 0 Å². The molecule has 0 saturated heterocycles. The van der Waals surface area contributed by atoms with Crippen LogP contribution in [0.1, 0.15) is 11.1 Å². The molecule has 4 heteroatoms. The third-order valence-electron chi connectivity index (χ3n) is 2.77. The molecule has 2 rings (SSSR count). The summed E-state index contributed by atoms with van der Waals surface area (Å²) in [4.78, 5) is 0. The number of nitrogens with two attached hydrogens (primary N) is 1. The molecular formula is C15H16BrNO2. The van der Waals surface area contributed by atoms with Crippen molar-refractivity contribution < 1.29 is 9.47 Å². The van der Waals surface area contributed by atoms with Crippen molar-refractivity contribution in [3.8, 4) is 11.5 Å². The summed E-state index contributed by atoms with van der Waals surface area (Å²) >= 11 is 3.42. The van der Waals surface area contributed by atoms with E-state index in [4.69, 9.17) is 15.2 Å². The fourth-order valence-electron chi connectivity index (χ4n) is 1.79. The first-order chi connectivity index (χ1) is 9.22. The molecule has 0 amide bonds. The van der Waals surface area contributed by atoms with Crippen LogP contribution in [0.4, 0.5) is 0 Å². The molecule has 0 aromatic heterocycles. The van der Waals surface area contributed by atoms with Crippen molar-refractivity contribution in [1.29, 1.82) is 0 Å². The highest BCUT2D eigenvalue weighted by atomic mass is 79.9. The molecule has 2 aromatic rings. The highest BCUT2D eigenvalue weighted by Crippen LogP contribution is 2.23. The summed E-state index contributed by atoms with van der Waals surface area (Å²) in [5.41, 5.74) is 7.70. The first kappa shape index (κ1) is 13.9. The van der Waals surface area contributed by atoms with Crippen LogP contribution in [0.2, 0.25) is 0 Å². The molecule has 19 heavy (non-hydrogen) atoms. The van der Waals surface area contributed by atoms with E-state index in [1.807, 2.05) is 42.5 Å². The van der Waals surface area contributed by atoms with Gasteiger partial charge >= 0.3 is 0 Å². The minimum atomic E-state index is 0.452. The molecule has 2 N–H and O–H groups in total. The first-order valence-corrected chi connectivity index (χ1v) is 6.76. The molecule has 0 aliphatic heterocycles. The predicted molar refractivity (Wildman–Crippen MR) is 79.4 cm³/mol. The summed E-state index contributed by atoms with van der Waals surface area (Å²) in [7, 11) is 1.65. The summed E-state index contributed by atoms with van der Waals surface area (Å²) in [5, 5.41) is 0. The zero-order chi connectivity index (χ0) is 13.7. The maximum absolute atomic E-state index is 5.76. The fraction of sp³-hybridized carbons (Fsp3) is 0.200. The van der Waals surface area contributed by atoms with Gasteiger partial charge in [-0.05, 0) is 35.9 Å². The van der Waals surface area contributed by atoms with Crippen LogP contribution in [-0.2, 0) is 13.2 Å². The number of halogens is 1. The topological polar surface area (TPSA) is 44.5 Å². The van der Waals surface area contributed by atoms with Crippen molar-refractivity contribution in [1.82, 2.24) is 0 Å². The number of rotatable bonds is 5. The van der Waals surface area contributed by atoms with Crippen molar-refractivity contribution in [3.05, 3.63) is 58.1 Å². The molecule has 2 aromatic carbocycles. The van der Waals surface area contributed by atoms with E-state index in [9.17, 15) is 0 Å². The Morgan fingerprint density at radius 3 is 2.68 bits per heavy atom. The number of benzene rings is 2. The van der Waals surface area contributed by atoms with E-state index < -0.39 is 0 Å². The zero-order valence-corrected chi connectivity index (χ0v) is 12.3. The molecule has 0 radical (unpaired) electrons. The lowest BCUT2D eigenvalue weighted by Gasteiger charge is -2.12. The van der Waals surface area contributed by atoms with Crippen LogP contribution in [0.25, 0.3) is 0 Å². The molecule has 0 aliphatic rings. The minimum absolute atomic E-state index is 0.452. The van der Waals surface area contributed by atoms with Gasteiger partial charge in [-0.2, -0.15) is 0 Å². The monoisotopic (exact) mass is 321 g/mol. The van der Waals surface area contributed by atoms with Crippen LogP contribution in [-0.4, -0.2) is 7.11 Å². The van der Waals surface area contributed by atoms with Crippen molar-refractivity contribution in [2.45, 2.75) is 13.2 Å². The van der Waals surface area contributed by atoms with Crippen LogP contribution in [0.15, 0.2) is 46.9 Å². The van der Waals surface area contributed by atoms with E-state index in [-0.39, 0.29) is 0 Å². The van der Waals surface area contributed by atoms with Gasteiger partial charge in [-0.15, -0.1) is 0 Å². The van der Waals surface area contributed by atoms with Gasteiger partial charge < -0.3 is 15.2 Å². The maximum atomic E-state index is 5.76. The third kappa shape index (κ3) is 3.72. The van der Waals surface area contributed by atoms with Gasteiger partial charge in [-0.25, -0.2) is 0 Å². The summed E-state index contributed by atoms with van der Waals surface area (Å²) in [6.45, 7) is 0.960. The molecule has 0 unspecified atom stereocenters. The second-order valence-corrected chi connectivity index (χ2v) is 5.01. The zero-order valence-electron chi connectivity index (χ0n) is 10.7. The molecule has 0 aliphatic carbocycles. The van der Waals surface area contributed by atoms with E-state index in [2.05, 4.69) is 15.9 Å². The van der Waals surface area contributed by atoms with Gasteiger partial charge in [0.1, 0.15) is 18.1 Å². The number of methoxy groups -OCH3 is 1. The molecule has 100 valence electrons. The Hall–Kier alpha value is -1.52. The van der Waals surface area contributed by atoms with Crippen LogP contribution in [0.3, 0.4) is 0 Å². The Balaban J connectivity index is 2.14. The Kier molecular flexibility index (Phi) is 4.82. The second kappa shape index (κ2) is 6.59. The quantitative estimate of drug-likeness (QED) is 0.916. The van der Waals surface area contributed by atoms with E-state index in [0.29, 0.717) is 13.2 Å². The van der Waals surface area contributed by atoms with Gasteiger partial charge in [0.25, 0.3) is 0 Å². The Morgan fingerprint density at radius 2 is 2.00 bits per heavy atom. The van der Waals surface area contributed by atoms with Crippen molar-refractivity contribution in [2.24, 2.45) is 5.73 Å².